The quantitative estimate of drug-likeness (QED) is 0.811. The summed E-state index contributed by atoms with van der Waals surface area (Å²) in [6.45, 7) is 2.17. The highest BCUT2D eigenvalue weighted by Gasteiger charge is 2.21. The molecule has 17 heavy (non-hydrogen) atoms. The summed E-state index contributed by atoms with van der Waals surface area (Å²) in [7, 11) is 0. The average molecular weight is 345 g/mol. The van der Waals surface area contributed by atoms with Gasteiger partial charge in [-0.1, -0.05) is 12.1 Å². The fourth-order valence-corrected chi connectivity index (χ4v) is 2.48. The van der Waals surface area contributed by atoms with Crippen molar-refractivity contribution >= 4 is 34.2 Å². The summed E-state index contributed by atoms with van der Waals surface area (Å²) in [5.41, 5.74) is 6.68. The van der Waals surface area contributed by atoms with Crippen molar-refractivity contribution in [2.45, 2.75) is 12.5 Å². The molecule has 1 aromatic carbocycles. The Morgan fingerprint density at radius 3 is 2.94 bits per heavy atom. The third kappa shape index (κ3) is 3.65. The van der Waals surface area contributed by atoms with Gasteiger partial charge in [0, 0.05) is 22.7 Å². The minimum Gasteiger partial charge on any atom is -0.326 e. The Morgan fingerprint density at radius 1 is 1.53 bits per heavy atom. The van der Waals surface area contributed by atoms with Gasteiger partial charge in [0.2, 0.25) is 5.91 Å². The Balaban J connectivity index is 1.87. The Bertz CT molecular complexity index is 410. The van der Waals surface area contributed by atoms with Crippen LogP contribution in [0, 0.1) is 3.57 Å². The van der Waals surface area contributed by atoms with Crippen molar-refractivity contribution in [2.24, 2.45) is 5.73 Å². The van der Waals surface area contributed by atoms with Crippen molar-refractivity contribution in [2.75, 3.05) is 25.0 Å². The third-order valence-corrected chi connectivity index (χ3v) is 3.76. The van der Waals surface area contributed by atoms with E-state index in [0.717, 1.165) is 28.8 Å². The number of halogens is 1. The fourth-order valence-electron chi connectivity index (χ4n) is 1.96. The predicted octanol–water partition coefficient (Wildman–Crippen LogP) is 1.26. The molecule has 0 radical (unpaired) electrons. The second kappa shape index (κ2) is 5.79. The molecule has 0 aromatic heterocycles. The molecule has 1 fully saturated rings. The fraction of sp³-hybridized carbons (Fsp3) is 0.417. The molecule has 0 bridgehead atoms. The molecular weight excluding hydrogens is 329 g/mol. The first-order valence-corrected chi connectivity index (χ1v) is 6.75. The molecule has 5 heteroatoms. The van der Waals surface area contributed by atoms with Gasteiger partial charge in [-0.2, -0.15) is 0 Å². The first kappa shape index (κ1) is 12.8. The number of likely N-dealkylation sites (tertiary alicyclic amines) is 1. The molecule has 1 aliphatic rings. The van der Waals surface area contributed by atoms with Crippen LogP contribution in [0.4, 0.5) is 5.69 Å². The smallest absolute Gasteiger partial charge is 0.238 e. The van der Waals surface area contributed by atoms with Crippen LogP contribution >= 0.6 is 22.6 Å². The van der Waals surface area contributed by atoms with Gasteiger partial charge in [-0.05, 0) is 41.1 Å². The van der Waals surface area contributed by atoms with E-state index in [2.05, 4.69) is 32.8 Å². The molecule has 1 saturated heterocycles. The normalized spacial score (nSPS) is 20.5. The lowest BCUT2D eigenvalue weighted by atomic mass is 10.3. The van der Waals surface area contributed by atoms with E-state index in [9.17, 15) is 4.79 Å². The first-order chi connectivity index (χ1) is 8.15. The SMILES string of the molecule is NC1CCN(CC(=O)Nc2ccccc2I)C1. The summed E-state index contributed by atoms with van der Waals surface area (Å²) < 4.78 is 1.05. The van der Waals surface area contributed by atoms with Crippen LogP contribution in [0.1, 0.15) is 6.42 Å². The molecule has 1 amide bonds. The van der Waals surface area contributed by atoms with Crippen molar-refractivity contribution in [3.05, 3.63) is 27.8 Å². The summed E-state index contributed by atoms with van der Waals surface area (Å²) in [6.07, 6.45) is 0.982. The van der Waals surface area contributed by atoms with Crippen LogP contribution in [0.25, 0.3) is 0 Å². The average Bonchev–Trinajstić information content (AvgIpc) is 2.67. The zero-order chi connectivity index (χ0) is 12.3. The van der Waals surface area contributed by atoms with E-state index in [1.165, 1.54) is 0 Å². The molecule has 3 N–H and O–H groups in total. The van der Waals surface area contributed by atoms with Gasteiger partial charge < -0.3 is 11.1 Å². The lowest BCUT2D eigenvalue weighted by molar-refractivity contribution is -0.117. The summed E-state index contributed by atoms with van der Waals surface area (Å²) in [4.78, 5) is 13.9. The van der Waals surface area contributed by atoms with E-state index < -0.39 is 0 Å². The van der Waals surface area contributed by atoms with Gasteiger partial charge in [0.05, 0.1) is 12.2 Å². The van der Waals surface area contributed by atoms with Gasteiger partial charge in [-0.3, -0.25) is 9.69 Å². The van der Waals surface area contributed by atoms with Crippen molar-refractivity contribution in [1.29, 1.82) is 0 Å². The van der Waals surface area contributed by atoms with Crippen LogP contribution in [-0.2, 0) is 4.79 Å². The number of hydrogen-bond donors (Lipinski definition) is 2. The van der Waals surface area contributed by atoms with E-state index in [1.54, 1.807) is 0 Å². The minimum atomic E-state index is 0.0308. The molecule has 1 atom stereocenters. The number of para-hydroxylation sites is 1. The molecule has 2 rings (SSSR count). The van der Waals surface area contributed by atoms with Crippen LogP contribution in [0.15, 0.2) is 24.3 Å². The van der Waals surface area contributed by atoms with E-state index >= 15 is 0 Å². The van der Waals surface area contributed by atoms with Gasteiger partial charge >= 0.3 is 0 Å². The Kier molecular flexibility index (Phi) is 4.36. The molecular formula is C12H16IN3O. The highest BCUT2D eigenvalue weighted by atomic mass is 127. The molecule has 0 saturated carbocycles. The molecule has 1 aliphatic heterocycles. The van der Waals surface area contributed by atoms with Gasteiger partial charge in [0.25, 0.3) is 0 Å². The van der Waals surface area contributed by atoms with E-state index in [4.69, 9.17) is 5.73 Å². The number of rotatable bonds is 3. The van der Waals surface area contributed by atoms with Gasteiger partial charge in [-0.15, -0.1) is 0 Å². The number of amides is 1. The largest absolute Gasteiger partial charge is 0.326 e. The van der Waals surface area contributed by atoms with Gasteiger partial charge in [-0.25, -0.2) is 0 Å². The second-order valence-electron chi connectivity index (χ2n) is 4.31. The summed E-state index contributed by atoms with van der Waals surface area (Å²) in [5, 5.41) is 2.92. The summed E-state index contributed by atoms with van der Waals surface area (Å²) in [6, 6.07) is 7.98. The minimum absolute atomic E-state index is 0.0308. The molecule has 1 aromatic rings. The predicted molar refractivity (Wildman–Crippen MR) is 76.8 cm³/mol. The number of hydrogen-bond acceptors (Lipinski definition) is 3. The molecule has 1 heterocycles. The zero-order valence-corrected chi connectivity index (χ0v) is 11.7. The van der Waals surface area contributed by atoms with E-state index in [0.29, 0.717) is 6.54 Å². The Labute approximate surface area is 115 Å². The topological polar surface area (TPSA) is 58.4 Å². The Morgan fingerprint density at radius 2 is 2.29 bits per heavy atom. The second-order valence-corrected chi connectivity index (χ2v) is 5.47. The molecule has 4 nitrogen and oxygen atoms in total. The number of nitrogens with two attached hydrogens (primary N) is 1. The highest BCUT2D eigenvalue weighted by Crippen LogP contribution is 2.17. The monoisotopic (exact) mass is 345 g/mol. The maximum absolute atomic E-state index is 11.8. The van der Waals surface area contributed by atoms with Gasteiger partial charge in [0.15, 0.2) is 0 Å². The van der Waals surface area contributed by atoms with Crippen LogP contribution in [0.2, 0.25) is 0 Å². The van der Waals surface area contributed by atoms with Crippen molar-refractivity contribution in [3.8, 4) is 0 Å². The highest BCUT2D eigenvalue weighted by molar-refractivity contribution is 14.1. The molecule has 0 aliphatic carbocycles. The standard InChI is InChI=1S/C12H16IN3O/c13-10-3-1-2-4-11(10)15-12(17)8-16-6-5-9(14)7-16/h1-4,9H,5-8,14H2,(H,15,17). The third-order valence-electron chi connectivity index (χ3n) is 2.82. The van der Waals surface area contributed by atoms with Crippen LogP contribution in [0.5, 0.6) is 0 Å². The summed E-state index contributed by atoms with van der Waals surface area (Å²) >= 11 is 2.21. The van der Waals surface area contributed by atoms with Crippen LogP contribution in [0.3, 0.4) is 0 Å². The maximum atomic E-state index is 11.8. The molecule has 0 spiro atoms. The Hall–Kier alpha value is -0.660. The molecule has 92 valence electrons. The van der Waals surface area contributed by atoms with Crippen molar-refractivity contribution < 1.29 is 4.79 Å². The number of carbonyl (C=O) groups is 1. The number of carbonyl (C=O) groups excluding carboxylic acids is 1. The number of nitrogens with one attached hydrogen (secondary N) is 1. The van der Waals surface area contributed by atoms with Gasteiger partial charge in [0.1, 0.15) is 0 Å². The number of benzene rings is 1. The van der Waals surface area contributed by atoms with E-state index in [1.807, 2.05) is 24.3 Å². The van der Waals surface area contributed by atoms with Crippen molar-refractivity contribution in [1.82, 2.24) is 4.90 Å². The summed E-state index contributed by atoms with van der Waals surface area (Å²) in [5.74, 6) is 0.0308. The maximum Gasteiger partial charge on any atom is 0.238 e. The van der Waals surface area contributed by atoms with Crippen LogP contribution in [-0.4, -0.2) is 36.5 Å². The zero-order valence-electron chi connectivity index (χ0n) is 9.53. The lowest BCUT2D eigenvalue weighted by Gasteiger charge is -2.15. The number of anilines is 1. The molecule has 1 unspecified atom stereocenters. The van der Waals surface area contributed by atoms with E-state index in [-0.39, 0.29) is 11.9 Å². The lowest BCUT2D eigenvalue weighted by Crippen LogP contribution is -2.33. The first-order valence-electron chi connectivity index (χ1n) is 5.67. The van der Waals surface area contributed by atoms with Crippen LogP contribution < -0.4 is 11.1 Å². The van der Waals surface area contributed by atoms with Crippen molar-refractivity contribution in [3.63, 3.8) is 0 Å². The number of nitrogens with zero attached hydrogens (tertiary/aromatic N) is 1.